The lowest BCUT2D eigenvalue weighted by atomic mass is 10.0. The number of methoxy groups -OCH3 is 2. The molecule has 0 aliphatic carbocycles. The number of hydrogen-bond donors (Lipinski definition) is 1. The molecule has 1 N–H and O–H groups in total. The van der Waals surface area contributed by atoms with Crippen molar-refractivity contribution >= 4 is 11.6 Å². The molecule has 2 atom stereocenters. The maximum Gasteiger partial charge on any atom is 0.451 e. The van der Waals surface area contributed by atoms with Gasteiger partial charge in [-0.2, -0.15) is 13.2 Å². The number of aromatic nitrogens is 2. The van der Waals surface area contributed by atoms with Crippen molar-refractivity contribution in [2.45, 2.75) is 44.7 Å². The van der Waals surface area contributed by atoms with Crippen LogP contribution in [0.1, 0.15) is 26.6 Å². The fourth-order valence-corrected chi connectivity index (χ4v) is 3.73. The van der Waals surface area contributed by atoms with E-state index in [1.165, 1.54) is 7.11 Å². The van der Waals surface area contributed by atoms with Crippen molar-refractivity contribution in [2.24, 2.45) is 0 Å². The van der Waals surface area contributed by atoms with E-state index in [4.69, 9.17) is 18.9 Å². The quantitative estimate of drug-likeness (QED) is 0.562. The predicted molar refractivity (Wildman–Crippen MR) is 121 cm³/mol. The lowest BCUT2D eigenvalue weighted by Gasteiger charge is -2.29. The van der Waals surface area contributed by atoms with Crippen LogP contribution >= 0.6 is 0 Å². The Hall–Kier alpha value is -3.12. The molecule has 0 unspecified atom stereocenters. The summed E-state index contributed by atoms with van der Waals surface area (Å²) in [5.74, 6) is -0.636. The zero-order chi connectivity index (χ0) is 25.8. The zero-order valence-electron chi connectivity index (χ0n) is 20.2. The Morgan fingerprint density at radius 1 is 1.17 bits per heavy atom. The third-order valence-corrected chi connectivity index (χ3v) is 5.44. The van der Waals surface area contributed by atoms with Crippen LogP contribution in [0, 0.1) is 0 Å². The van der Waals surface area contributed by atoms with Gasteiger partial charge < -0.3 is 29.2 Å². The number of hydrogen-bond acceptors (Lipinski definition) is 8. The summed E-state index contributed by atoms with van der Waals surface area (Å²) in [7, 11) is 3.02. The standard InChI is InChI=1S/C23H29F3N4O5/c1-14(2)34-16-6-15(30-11-19(22(3,13-30)33-5)29-20(31)12-32-4)7-17(8-16)35-18-9-27-21(28-10-18)23(24,25)26/h6-10,14,19H,11-13H2,1-5H3,(H,29,31)/t19-,22+/m0/s1. The summed E-state index contributed by atoms with van der Waals surface area (Å²) < 4.78 is 60.5. The Kier molecular flexibility index (Phi) is 8.06. The molecule has 3 rings (SSSR count). The summed E-state index contributed by atoms with van der Waals surface area (Å²) in [6.07, 6.45) is -2.85. The number of nitrogens with zero attached hydrogens (tertiary/aromatic N) is 3. The average Bonchev–Trinajstić information content (AvgIpc) is 3.10. The molecule has 1 aliphatic heterocycles. The van der Waals surface area contributed by atoms with E-state index in [-0.39, 0.29) is 30.4 Å². The molecule has 1 amide bonds. The number of benzene rings is 1. The number of anilines is 1. The Morgan fingerprint density at radius 3 is 2.40 bits per heavy atom. The molecule has 0 bridgehead atoms. The third-order valence-electron chi connectivity index (χ3n) is 5.44. The van der Waals surface area contributed by atoms with Crippen molar-refractivity contribution in [1.82, 2.24) is 15.3 Å². The molecule has 35 heavy (non-hydrogen) atoms. The second-order valence-corrected chi connectivity index (χ2v) is 8.62. The van der Waals surface area contributed by atoms with Crippen LogP contribution < -0.4 is 19.7 Å². The minimum atomic E-state index is -4.64. The summed E-state index contributed by atoms with van der Waals surface area (Å²) in [6.45, 7) is 6.47. The van der Waals surface area contributed by atoms with Crippen LogP contribution in [0.5, 0.6) is 17.2 Å². The number of alkyl halides is 3. The van der Waals surface area contributed by atoms with Crippen LogP contribution in [-0.4, -0.2) is 67.5 Å². The monoisotopic (exact) mass is 498 g/mol. The molecule has 1 saturated heterocycles. The number of carbonyl (C=O) groups excluding carboxylic acids is 1. The number of halogens is 3. The number of rotatable bonds is 9. The first-order valence-electron chi connectivity index (χ1n) is 10.9. The maximum absolute atomic E-state index is 12.8. The zero-order valence-corrected chi connectivity index (χ0v) is 20.2. The van der Waals surface area contributed by atoms with Crippen LogP contribution in [0.2, 0.25) is 0 Å². The van der Waals surface area contributed by atoms with Crippen molar-refractivity contribution in [3.63, 3.8) is 0 Å². The van der Waals surface area contributed by atoms with E-state index in [2.05, 4.69) is 15.3 Å². The molecule has 1 aromatic carbocycles. The maximum atomic E-state index is 12.8. The van der Waals surface area contributed by atoms with E-state index in [1.807, 2.05) is 31.7 Å². The fraction of sp³-hybridized carbons (Fsp3) is 0.522. The van der Waals surface area contributed by atoms with Crippen LogP contribution in [0.25, 0.3) is 0 Å². The van der Waals surface area contributed by atoms with Crippen molar-refractivity contribution in [3.05, 3.63) is 36.4 Å². The highest BCUT2D eigenvalue weighted by molar-refractivity contribution is 5.78. The predicted octanol–water partition coefficient (Wildman–Crippen LogP) is 3.43. The van der Waals surface area contributed by atoms with E-state index < -0.39 is 17.6 Å². The van der Waals surface area contributed by atoms with E-state index in [9.17, 15) is 18.0 Å². The molecule has 0 saturated carbocycles. The normalized spacial score (nSPS) is 20.3. The van der Waals surface area contributed by atoms with E-state index in [0.29, 0.717) is 24.6 Å². The molecule has 0 radical (unpaired) electrons. The summed E-state index contributed by atoms with van der Waals surface area (Å²) in [5.41, 5.74) is 0.0402. The molecule has 2 heterocycles. The number of ether oxygens (including phenoxy) is 4. The minimum Gasteiger partial charge on any atom is -0.491 e. The fourth-order valence-electron chi connectivity index (χ4n) is 3.73. The Balaban J connectivity index is 1.87. The van der Waals surface area contributed by atoms with Gasteiger partial charge in [-0.3, -0.25) is 4.79 Å². The minimum absolute atomic E-state index is 0.0403. The van der Waals surface area contributed by atoms with Gasteiger partial charge in [0.2, 0.25) is 11.7 Å². The van der Waals surface area contributed by atoms with Crippen molar-refractivity contribution in [2.75, 3.05) is 38.8 Å². The molecule has 9 nitrogen and oxygen atoms in total. The second kappa shape index (κ2) is 10.6. The van der Waals surface area contributed by atoms with E-state index in [1.54, 1.807) is 19.2 Å². The SMILES string of the molecule is COCC(=O)N[C@H]1CN(c2cc(Oc3cnc(C(F)(F)F)nc3)cc(OC(C)C)c2)C[C@@]1(C)OC. The van der Waals surface area contributed by atoms with Crippen molar-refractivity contribution in [1.29, 1.82) is 0 Å². The van der Waals surface area contributed by atoms with Gasteiger partial charge in [-0.05, 0) is 20.8 Å². The first kappa shape index (κ1) is 26.5. The van der Waals surface area contributed by atoms with Gasteiger partial charge in [-0.25, -0.2) is 9.97 Å². The van der Waals surface area contributed by atoms with Gasteiger partial charge in [0.15, 0.2) is 5.75 Å². The first-order valence-corrected chi connectivity index (χ1v) is 10.9. The smallest absolute Gasteiger partial charge is 0.451 e. The van der Waals surface area contributed by atoms with Gasteiger partial charge in [0.05, 0.1) is 24.5 Å². The highest BCUT2D eigenvalue weighted by atomic mass is 19.4. The lowest BCUT2D eigenvalue weighted by molar-refractivity contribution is -0.145. The lowest BCUT2D eigenvalue weighted by Crippen LogP contribution is -2.52. The molecule has 0 spiro atoms. The highest BCUT2D eigenvalue weighted by Crippen LogP contribution is 2.36. The second-order valence-electron chi connectivity index (χ2n) is 8.62. The van der Waals surface area contributed by atoms with Gasteiger partial charge in [0.25, 0.3) is 0 Å². The number of nitrogens with one attached hydrogen (secondary N) is 1. The average molecular weight is 499 g/mol. The molecular weight excluding hydrogens is 469 g/mol. The van der Waals surface area contributed by atoms with E-state index >= 15 is 0 Å². The summed E-state index contributed by atoms with van der Waals surface area (Å²) >= 11 is 0. The van der Waals surface area contributed by atoms with Gasteiger partial charge in [0.1, 0.15) is 23.7 Å². The van der Waals surface area contributed by atoms with Gasteiger partial charge in [-0.15, -0.1) is 0 Å². The summed E-state index contributed by atoms with van der Waals surface area (Å²) in [4.78, 5) is 20.8. The molecule has 2 aromatic rings. The summed E-state index contributed by atoms with van der Waals surface area (Å²) in [6, 6.07) is 4.86. The summed E-state index contributed by atoms with van der Waals surface area (Å²) in [5, 5.41) is 2.94. The molecular formula is C23H29F3N4O5. The molecule has 1 aromatic heterocycles. The topological polar surface area (TPSA) is 95.0 Å². The van der Waals surface area contributed by atoms with Crippen LogP contribution in [0.15, 0.2) is 30.6 Å². The first-order chi connectivity index (χ1) is 16.4. The Morgan fingerprint density at radius 2 is 1.83 bits per heavy atom. The van der Waals surface area contributed by atoms with Gasteiger partial charge >= 0.3 is 6.18 Å². The molecule has 12 heteroatoms. The van der Waals surface area contributed by atoms with Crippen molar-refractivity contribution in [3.8, 4) is 17.2 Å². The Labute approximate surface area is 201 Å². The third kappa shape index (κ3) is 6.73. The Bertz CT molecular complexity index is 1020. The molecule has 1 fully saturated rings. The van der Waals surface area contributed by atoms with Crippen molar-refractivity contribution < 1.29 is 36.9 Å². The van der Waals surface area contributed by atoms with Gasteiger partial charge in [-0.1, -0.05) is 0 Å². The number of amides is 1. The largest absolute Gasteiger partial charge is 0.491 e. The van der Waals surface area contributed by atoms with E-state index in [0.717, 1.165) is 18.1 Å². The van der Waals surface area contributed by atoms with Gasteiger partial charge in [0, 0.05) is 51.2 Å². The van der Waals surface area contributed by atoms with Crippen LogP contribution in [0.4, 0.5) is 18.9 Å². The van der Waals surface area contributed by atoms with Crippen LogP contribution in [0.3, 0.4) is 0 Å². The molecule has 192 valence electrons. The molecule has 1 aliphatic rings. The van der Waals surface area contributed by atoms with Crippen LogP contribution in [-0.2, 0) is 20.4 Å². The number of carbonyl (C=O) groups is 1. The highest BCUT2D eigenvalue weighted by Gasteiger charge is 2.44.